The Morgan fingerprint density at radius 1 is 1.38 bits per heavy atom. The number of hydrogen-bond acceptors (Lipinski definition) is 4. The standard InChI is InChI=1S/C14H23N3O2S2/c1-17-9-14(6-13(17)8-15-12-2-3-12)21(18,19)16-7-11-4-5-20-10-11/h6,9,11-12,15-16H,2-5,7-8,10H2,1H3. The molecule has 2 N–H and O–H groups in total. The van der Waals surface area contributed by atoms with Crippen LogP contribution in [0.15, 0.2) is 17.2 Å². The third-order valence-electron chi connectivity index (χ3n) is 4.13. The van der Waals surface area contributed by atoms with Crippen LogP contribution in [0, 0.1) is 5.92 Å². The summed E-state index contributed by atoms with van der Waals surface area (Å²) in [5.74, 6) is 2.69. The van der Waals surface area contributed by atoms with Gasteiger partial charge in [-0.15, -0.1) is 0 Å². The maximum absolute atomic E-state index is 12.4. The van der Waals surface area contributed by atoms with Gasteiger partial charge in [0.2, 0.25) is 10.0 Å². The fourth-order valence-electron chi connectivity index (χ4n) is 2.49. The third-order valence-corrected chi connectivity index (χ3v) is 6.75. The maximum atomic E-state index is 12.4. The number of hydrogen-bond donors (Lipinski definition) is 2. The quantitative estimate of drug-likeness (QED) is 0.792. The zero-order valence-corrected chi connectivity index (χ0v) is 14.0. The van der Waals surface area contributed by atoms with E-state index in [1.165, 1.54) is 12.8 Å². The SMILES string of the molecule is Cn1cc(S(=O)(=O)NCC2CCSC2)cc1CNC1CC1. The van der Waals surface area contributed by atoms with E-state index in [0.29, 0.717) is 23.4 Å². The molecular weight excluding hydrogens is 306 g/mol. The molecule has 0 aromatic carbocycles. The number of thioether (sulfide) groups is 1. The van der Waals surface area contributed by atoms with E-state index in [1.54, 1.807) is 12.3 Å². The molecular formula is C14H23N3O2S2. The first-order chi connectivity index (χ1) is 10.0. The molecule has 2 fully saturated rings. The van der Waals surface area contributed by atoms with Crippen molar-refractivity contribution in [3.8, 4) is 0 Å². The van der Waals surface area contributed by atoms with E-state index in [0.717, 1.165) is 30.2 Å². The van der Waals surface area contributed by atoms with Crippen LogP contribution in [0.4, 0.5) is 0 Å². The summed E-state index contributed by atoms with van der Waals surface area (Å²) in [4.78, 5) is 0.378. The van der Waals surface area contributed by atoms with Crippen LogP contribution in [0.5, 0.6) is 0 Å². The first kappa shape index (κ1) is 15.4. The molecule has 0 radical (unpaired) electrons. The summed E-state index contributed by atoms with van der Waals surface area (Å²) in [7, 11) is -1.48. The van der Waals surface area contributed by atoms with E-state index in [2.05, 4.69) is 10.0 Å². The van der Waals surface area contributed by atoms with Crippen molar-refractivity contribution in [1.29, 1.82) is 0 Å². The van der Waals surface area contributed by atoms with E-state index in [4.69, 9.17) is 0 Å². The molecule has 1 saturated carbocycles. The average molecular weight is 329 g/mol. The smallest absolute Gasteiger partial charge is 0.242 e. The van der Waals surface area contributed by atoms with Crippen molar-refractivity contribution in [2.45, 2.75) is 36.7 Å². The summed E-state index contributed by atoms with van der Waals surface area (Å²) in [6.07, 6.45) is 5.28. The molecule has 2 aliphatic rings. The van der Waals surface area contributed by atoms with Crippen LogP contribution in [-0.4, -0.2) is 37.1 Å². The molecule has 0 bridgehead atoms. The second kappa shape index (κ2) is 6.32. The lowest BCUT2D eigenvalue weighted by atomic mass is 10.1. The van der Waals surface area contributed by atoms with Crippen molar-refractivity contribution in [2.24, 2.45) is 13.0 Å². The highest BCUT2D eigenvalue weighted by atomic mass is 32.2. The molecule has 7 heteroatoms. The van der Waals surface area contributed by atoms with Gasteiger partial charge in [-0.2, -0.15) is 11.8 Å². The van der Waals surface area contributed by atoms with Crippen LogP contribution in [0.1, 0.15) is 25.0 Å². The van der Waals surface area contributed by atoms with Gasteiger partial charge in [-0.25, -0.2) is 13.1 Å². The third kappa shape index (κ3) is 4.03. The molecule has 2 heterocycles. The van der Waals surface area contributed by atoms with Crippen LogP contribution in [0.3, 0.4) is 0 Å². The van der Waals surface area contributed by atoms with Crippen molar-refractivity contribution in [2.75, 3.05) is 18.1 Å². The van der Waals surface area contributed by atoms with E-state index in [1.807, 2.05) is 23.4 Å². The normalized spacial score (nSPS) is 22.8. The fourth-order valence-corrected chi connectivity index (χ4v) is 4.99. The Bertz CT molecular complexity index is 587. The Morgan fingerprint density at radius 3 is 2.86 bits per heavy atom. The van der Waals surface area contributed by atoms with Crippen molar-refractivity contribution in [1.82, 2.24) is 14.6 Å². The Hall–Kier alpha value is -0.500. The Morgan fingerprint density at radius 2 is 2.19 bits per heavy atom. The van der Waals surface area contributed by atoms with Crippen molar-refractivity contribution >= 4 is 21.8 Å². The first-order valence-corrected chi connectivity index (χ1v) is 10.1. The predicted molar refractivity (Wildman–Crippen MR) is 85.9 cm³/mol. The molecule has 1 atom stereocenters. The van der Waals surface area contributed by atoms with E-state index in [-0.39, 0.29) is 0 Å². The van der Waals surface area contributed by atoms with E-state index >= 15 is 0 Å². The average Bonchev–Trinajstić information content (AvgIpc) is 2.98. The Labute approximate surface area is 130 Å². The van der Waals surface area contributed by atoms with Crippen LogP contribution >= 0.6 is 11.8 Å². The minimum atomic E-state index is -3.38. The summed E-state index contributed by atoms with van der Waals surface area (Å²) < 4.78 is 29.4. The van der Waals surface area contributed by atoms with Crippen LogP contribution in [-0.2, 0) is 23.6 Å². The molecule has 1 aliphatic heterocycles. The van der Waals surface area contributed by atoms with Crippen molar-refractivity contribution in [3.63, 3.8) is 0 Å². The van der Waals surface area contributed by atoms with Crippen LogP contribution < -0.4 is 10.0 Å². The van der Waals surface area contributed by atoms with Gasteiger partial charge in [-0.1, -0.05) is 0 Å². The lowest BCUT2D eigenvalue weighted by Crippen LogP contribution is -2.29. The first-order valence-electron chi connectivity index (χ1n) is 7.50. The van der Waals surface area contributed by atoms with E-state index in [9.17, 15) is 8.42 Å². The van der Waals surface area contributed by atoms with Gasteiger partial charge in [0.1, 0.15) is 0 Å². The zero-order chi connectivity index (χ0) is 14.9. The zero-order valence-electron chi connectivity index (χ0n) is 12.3. The molecule has 1 unspecified atom stereocenters. The second-order valence-electron chi connectivity index (χ2n) is 6.01. The molecule has 0 amide bonds. The summed E-state index contributed by atoms with van der Waals surface area (Å²) >= 11 is 1.90. The fraction of sp³-hybridized carbons (Fsp3) is 0.714. The minimum absolute atomic E-state index is 0.378. The van der Waals surface area contributed by atoms with Crippen molar-refractivity contribution < 1.29 is 8.42 Å². The predicted octanol–water partition coefficient (Wildman–Crippen LogP) is 1.31. The number of rotatable bonds is 7. The van der Waals surface area contributed by atoms with Gasteiger partial charge in [-0.3, -0.25) is 0 Å². The lowest BCUT2D eigenvalue weighted by molar-refractivity contribution is 0.545. The molecule has 1 aromatic rings. The number of nitrogens with one attached hydrogen (secondary N) is 2. The molecule has 1 aliphatic carbocycles. The van der Waals surface area contributed by atoms with E-state index < -0.39 is 10.0 Å². The Balaban J connectivity index is 1.61. The summed E-state index contributed by atoms with van der Waals surface area (Å²) in [5.41, 5.74) is 1.01. The van der Waals surface area contributed by atoms with Gasteiger partial charge in [-0.05, 0) is 42.8 Å². The number of aryl methyl sites for hydroxylation is 1. The number of nitrogens with zero attached hydrogens (tertiary/aromatic N) is 1. The van der Waals surface area contributed by atoms with Gasteiger partial charge in [0.05, 0.1) is 4.90 Å². The summed E-state index contributed by atoms with van der Waals surface area (Å²) in [5, 5.41) is 3.42. The highest BCUT2D eigenvalue weighted by Gasteiger charge is 2.23. The minimum Gasteiger partial charge on any atom is -0.352 e. The van der Waals surface area contributed by atoms with Gasteiger partial charge in [0.25, 0.3) is 0 Å². The highest BCUT2D eigenvalue weighted by Crippen LogP contribution is 2.23. The number of sulfonamides is 1. The Kier molecular flexibility index (Phi) is 4.63. The second-order valence-corrected chi connectivity index (χ2v) is 8.93. The van der Waals surface area contributed by atoms with Crippen molar-refractivity contribution in [3.05, 3.63) is 18.0 Å². The van der Waals surface area contributed by atoms with Gasteiger partial charge >= 0.3 is 0 Å². The topological polar surface area (TPSA) is 63.1 Å². The molecule has 118 valence electrons. The van der Waals surface area contributed by atoms with Crippen LogP contribution in [0.2, 0.25) is 0 Å². The molecule has 3 rings (SSSR count). The monoisotopic (exact) mass is 329 g/mol. The molecule has 21 heavy (non-hydrogen) atoms. The van der Waals surface area contributed by atoms with Gasteiger partial charge in [0.15, 0.2) is 0 Å². The van der Waals surface area contributed by atoms with Gasteiger partial charge < -0.3 is 9.88 Å². The molecule has 1 aromatic heterocycles. The maximum Gasteiger partial charge on any atom is 0.242 e. The number of aromatic nitrogens is 1. The highest BCUT2D eigenvalue weighted by molar-refractivity contribution is 7.99. The molecule has 1 saturated heterocycles. The molecule has 0 spiro atoms. The molecule has 5 nitrogen and oxygen atoms in total. The van der Waals surface area contributed by atoms with Gasteiger partial charge in [0, 0.05) is 38.1 Å². The lowest BCUT2D eigenvalue weighted by Gasteiger charge is -2.09. The largest absolute Gasteiger partial charge is 0.352 e. The summed E-state index contributed by atoms with van der Waals surface area (Å²) in [6, 6.07) is 2.40. The summed E-state index contributed by atoms with van der Waals surface area (Å²) in [6.45, 7) is 1.29. The van der Waals surface area contributed by atoms with Crippen LogP contribution in [0.25, 0.3) is 0 Å².